The predicted octanol–water partition coefficient (Wildman–Crippen LogP) is 3.27. The molecule has 3 fully saturated rings. The van der Waals surface area contributed by atoms with Gasteiger partial charge in [-0.15, -0.1) is 10.2 Å². The van der Waals surface area contributed by atoms with Crippen LogP contribution in [-0.4, -0.2) is 58.1 Å². The number of hydrogen-bond acceptors (Lipinski definition) is 5. The van der Waals surface area contributed by atoms with E-state index in [0.717, 1.165) is 44.1 Å². The van der Waals surface area contributed by atoms with Crippen molar-refractivity contribution in [1.29, 1.82) is 0 Å². The number of likely N-dealkylation sites (tertiary alicyclic amines) is 2. The van der Waals surface area contributed by atoms with E-state index in [1.54, 1.807) is 0 Å². The summed E-state index contributed by atoms with van der Waals surface area (Å²) in [5.74, 6) is 2.01. The molecular weight excluding hydrogens is 376 g/mol. The third-order valence-electron chi connectivity index (χ3n) is 7.61. The third-order valence-corrected chi connectivity index (χ3v) is 7.61. The van der Waals surface area contributed by atoms with Gasteiger partial charge < -0.3 is 9.32 Å². The Bertz CT molecular complexity index is 902. The van der Waals surface area contributed by atoms with E-state index < -0.39 is 0 Å². The second-order valence-electron chi connectivity index (χ2n) is 9.60. The second-order valence-corrected chi connectivity index (χ2v) is 9.60. The maximum absolute atomic E-state index is 13.1. The Morgan fingerprint density at radius 1 is 1.13 bits per heavy atom. The lowest BCUT2D eigenvalue weighted by molar-refractivity contribution is -0.133. The Labute approximate surface area is 178 Å². The zero-order chi connectivity index (χ0) is 20.7. The van der Waals surface area contributed by atoms with Crippen LogP contribution in [0.25, 0.3) is 0 Å². The maximum Gasteiger partial charge on any atom is 0.227 e. The van der Waals surface area contributed by atoms with Gasteiger partial charge in [0.15, 0.2) is 0 Å². The molecule has 160 valence electrons. The lowest BCUT2D eigenvalue weighted by Gasteiger charge is -2.41. The van der Waals surface area contributed by atoms with Crippen LogP contribution in [0, 0.1) is 19.8 Å². The number of fused-ring (bicyclic) bond motifs is 1. The number of nitrogens with zero attached hydrogens (tertiary/aromatic N) is 4. The first-order chi connectivity index (χ1) is 14.5. The Morgan fingerprint density at radius 2 is 1.90 bits per heavy atom. The van der Waals surface area contributed by atoms with Gasteiger partial charge in [0, 0.05) is 45.1 Å². The number of carbonyl (C=O) groups excluding carboxylic acids is 1. The number of aromatic nitrogens is 2. The van der Waals surface area contributed by atoms with E-state index in [-0.39, 0.29) is 11.3 Å². The number of rotatable bonds is 4. The SMILES string of the molecule is Cc1ccc(CC(=O)N2CCC3(c4nnc(C)o4)CN(C4CCCC4)CC3C2)cc1. The van der Waals surface area contributed by atoms with E-state index in [4.69, 9.17) is 4.42 Å². The summed E-state index contributed by atoms with van der Waals surface area (Å²) in [6.07, 6.45) is 6.64. The highest BCUT2D eigenvalue weighted by Gasteiger charge is 2.55. The average molecular weight is 409 g/mol. The number of hydrogen-bond donors (Lipinski definition) is 0. The summed E-state index contributed by atoms with van der Waals surface area (Å²) in [5, 5.41) is 8.60. The number of benzene rings is 1. The minimum atomic E-state index is -0.107. The van der Waals surface area contributed by atoms with Gasteiger partial charge in [-0.1, -0.05) is 42.7 Å². The molecule has 1 aromatic heterocycles. The second kappa shape index (κ2) is 7.80. The summed E-state index contributed by atoms with van der Waals surface area (Å²) in [4.78, 5) is 17.8. The molecular formula is C24H32N4O2. The summed E-state index contributed by atoms with van der Waals surface area (Å²) in [5.41, 5.74) is 2.21. The summed E-state index contributed by atoms with van der Waals surface area (Å²) in [7, 11) is 0. The number of piperidine rings is 1. The van der Waals surface area contributed by atoms with Crippen LogP contribution in [0.2, 0.25) is 0 Å². The van der Waals surface area contributed by atoms with E-state index in [9.17, 15) is 4.79 Å². The van der Waals surface area contributed by atoms with Crippen molar-refractivity contribution in [2.45, 2.75) is 63.8 Å². The van der Waals surface area contributed by atoms with Gasteiger partial charge >= 0.3 is 0 Å². The van der Waals surface area contributed by atoms with Crippen LogP contribution in [-0.2, 0) is 16.6 Å². The number of amides is 1. The fraction of sp³-hybridized carbons (Fsp3) is 0.625. The molecule has 2 unspecified atom stereocenters. The molecule has 6 heteroatoms. The van der Waals surface area contributed by atoms with Crippen LogP contribution in [0.3, 0.4) is 0 Å². The zero-order valence-corrected chi connectivity index (χ0v) is 18.1. The van der Waals surface area contributed by atoms with Gasteiger partial charge in [0.25, 0.3) is 0 Å². The van der Waals surface area contributed by atoms with Crippen molar-refractivity contribution in [3.63, 3.8) is 0 Å². The van der Waals surface area contributed by atoms with E-state index in [1.165, 1.54) is 31.2 Å². The van der Waals surface area contributed by atoms with Crippen molar-refractivity contribution in [3.8, 4) is 0 Å². The van der Waals surface area contributed by atoms with E-state index in [0.29, 0.717) is 24.3 Å². The molecule has 2 aliphatic heterocycles. The van der Waals surface area contributed by atoms with Crippen LogP contribution < -0.4 is 0 Å². The minimum absolute atomic E-state index is 0.107. The van der Waals surface area contributed by atoms with E-state index in [2.05, 4.69) is 51.2 Å². The lowest BCUT2D eigenvalue weighted by Crippen LogP contribution is -2.51. The highest BCUT2D eigenvalue weighted by Crippen LogP contribution is 2.46. The standard InChI is InChI=1S/C24H32N4O2/c1-17-7-9-19(10-8-17)13-22(29)27-12-11-24(23-26-25-18(2)30-23)16-28(15-20(24)14-27)21-5-3-4-6-21/h7-10,20-21H,3-6,11-16H2,1-2H3. The van der Waals surface area contributed by atoms with Crippen molar-refractivity contribution in [3.05, 3.63) is 47.2 Å². The molecule has 0 spiro atoms. The van der Waals surface area contributed by atoms with Crippen LogP contribution in [0.1, 0.15) is 55.0 Å². The van der Waals surface area contributed by atoms with Crippen LogP contribution in [0.15, 0.2) is 28.7 Å². The summed E-state index contributed by atoms with van der Waals surface area (Å²) < 4.78 is 5.99. The molecule has 1 amide bonds. The average Bonchev–Trinajstić information content (AvgIpc) is 3.48. The molecule has 1 aliphatic carbocycles. The summed E-state index contributed by atoms with van der Waals surface area (Å²) >= 11 is 0. The first-order valence-electron chi connectivity index (χ1n) is 11.4. The van der Waals surface area contributed by atoms with Gasteiger partial charge in [-0.2, -0.15) is 0 Å². The molecule has 2 saturated heterocycles. The normalized spacial score (nSPS) is 27.5. The molecule has 30 heavy (non-hydrogen) atoms. The minimum Gasteiger partial charge on any atom is -0.425 e. The van der Waals surface area contributed by atoms with E-state index in [1.807, 2.05) is 6.92 Å². The highest BCUT2D eigenvalue weighted by atomic mass is 16.4. The molecule has 2 aromatic rings. The Hall–Kier alpha value is -2.21. The van der Waals surface area contributed by atoms with E-state index >= 15 is 0 Å². The van der Waals surface area contributed by atoms with Crippen molar-refractivity contribution >= 4 is 5.91 Å². The van der Waals surface area contributed by atoms with Crippen molar-refractivity contribution in [2.75, 3.05) is 26.2 Å². The quantitative estimate of drug-likeness (QED) is 0.777. The molecule has 3 heterocycles. The Morgan fingerprint density at radius 3 is 2.60 bits per heavy atom. The predicted molar refractivity (Wildman–Crippen MR) is 114 cm³/mol. The Balaban J connectivity index is 1.35. The first kappa shape index (κ1) is 19.7. The molecule has 1 saturated carbocycles. The van der Waals surface area contributed by atoms with Crippen molar-refractivity contribution < 1.29 is 9.21 Å². The van der Waals surface area contributed by atoms with Crippen molar-refractivity contribution in [1.82, 2.24) is 20.0 Å². The lowest BCUT2D eigenvalue weighted by atomic mass is 9.72. The fourth-order valence-electron chi connectivity index (χ4n) is 5.83. The smallest absolute Gasteiger partial charge is 0.227 e. The Kier molecular flexibility index (Phi) is 5.13. The fourth-order valence-corrected chi connectivity index (χ4v) is 5.83. The van der Waals surface area contributed by atoms with Gasteiger partial charge in [-0.3, -0.25) is 9.69 Å². The van der Waals surface area contributed by atoms with Gasteiger partial charge in [0.05, 0.1) is 11.8 Å². The van der Waals surface area contributed by atoms with Crippen LogP contribution in [0.4, 0.5) is 0 Å². The topological polar surface area (TPSA) is 62.5 Å². The number of carbonyl (C=O) groups is 1. The van der Waals surface area contributed by atoms with Gasteiger partial charge in [0.1, 0.15) is 0 Å². The molecule has 3 aliphatic rings. The zero-order valence-electron chi connectivity index (χ0n) is 18.1. The maximum atomic E-state index is 13.1. The molecule has 0 N–H and O–H groups in total. The van der Waals surface area contributed by atoms with Crippen molar-refractivity contribution in [2.24, 2.45) is 5.92 Å². The molecule has 2 atom stereocenters. The third kappa shape index (κ3) is 3.55. The van der Waals surface area contributed by atoms with Gasteiger partial charge in [-0.05, 0) is 31.7 Å². The molecule has 1 aromatic carbocycles. The molecule has 6 nitrogen and oxygen atoms in total. The molecule has 0 radical (unpaired) electrons. The van der Waals surface area contributed by atoms with Gasteiger partial charge in [0.2, 0.25) is 17.7 Å². The summed E-state index contributed by atoms with van der Waals surface area (Å²) in [6, 6.07) is 8.98. The molecule has 5 rings (SSSR count). The monoisotopic (exact) mass is 408 g/mol. The largest absolute Gasteiger partial charge is 0.425 e. The highest BCUT2D eigenvalue weighted by molar-refractivity contribution is 5.79. The van der Waals surface area contributed by atoms with Crippen LogP contribution >= 0.6 is 0 Å². The van der Waals surface area contributed by atoms with Crippen LogP contribution in [0.5, 0.6) is 0 Å². The summed E-state index contributed by atoms with van der Waals surface area (Å²) in [6.45, 7) is 7.51. The first-order valence-corrected chi connectivity index (χ1v) is 11.4. The van der Waals surface area contributed by atoms with Gasteiger partial charge in [-0.25, -0.2) is 0 Å². The number of aryl methyl sites for hydroxylation is 2. The molecule has 0 bridgehead atoms.